The molecule has 2 amide bonds. The number of nitrogens with zero attached hydrogens (tertiary/aromatic N) is 2. The Labute approximate surface area is 147 Å². The van der Waals surface area contributed by atoms with Crippen LogP contribution < -0.4 is 5.32 Å². The van der Waals surface area contributed by atoms with Crippen molar-refractivity contribution in [2.24, 2.45) is 0 Å². The number of rotatable bonds is 4. The molecule has 1 saturated heterocycles. The third kappa shape index (κ3) is 4.17. The molecule has 1 heterocycles. The van der Waals surface area contributed by atoms with Crippen LogP contribution in [0.1, 0.15) is 36.5 Å². The smallest absolute Gasteiger partial charge is 0.322 e. The van der Waals surface area contributed by atoms with Gasteiger partial charge in [-0.15, -0.1) is 0 Å². The number of urea groups is 1. The zero-order valence-corrected chi connectivity index (χ0v) is 13.9. The molecule has 0 spiro atoms. The standard InChI is InChI=1S/C20H21N3O2/c21-14-15-8-10-17(11-9-15)22-20(25)23-12-4-7-18(23)13-19(24)16-5-2-1-3-6-16/h1-3,5-6,8-11,18-19,24H,4,7,12-13H2,(H,22,25). The van der Waals surface area contributed by atoms with Crippen molar-refractivity contribution in [3.8, 4) is 6.07 Å². The highest BCUT2D eigenvalue weighted by atomic mass is 16.3. The first kappa shape index (κ1) is 17.0. The van der Waals surface area contributed by atoms with Crippen LogP contribution >= 0.6 is 0 Å². The predicted octanol–water partition coefficient (Wildman–Crippen LogP) is 3.68. The van der Waals surface area contributed by atoms with Crippen molar-refractivity contribution in [2.75, 3.05) is 11.9 Å². The van der Waals surface area contributed by atoms with Crippen LogP contribution in [0.2, 0.25) is 0 Å². The summed E-state index contributed by atoms with van der Waals surface area (Å²) in [4.78, 5) is 14.4. The molecule has 3 rings (SSSR count). The minimum Gasteiger partial charge on any atom is -0.388 e. The van der Waals surface area contributed by atoms with E-state index in [4.69, 9.17) is 5.26 Å². The number of amides is 2. The summed E-state index contributed by atoms with van der Waals surface area (Å²) >= 11 is 0. The Morgan fingerprint density at radius 2 is 1.96 bits per heavy atom. The molecule has 2 unspecified atom stereocenters. The first-order valence-corrected chi connectivity index (χ1v) is 8.48. The van der Waals surface area contributed by atoms with Gasteiger partial charge in [0.05, 0.1) is 17.7 Å². The van der Waals surface area contributed by atoms with Gasteiger partial charge in [-0.2, -0.15) is 5.26 Å². The van der Waals surface area contributed by atoms with Gasteiger partial charge in [0.15, 0.2) is 0 Å². The number of aliphatic hydroxyl groups is 1. The van der Waals surface area contributed by atoms with Gasteiger partial charge >= 0.3 is 6.03 Å². The van der Waals surface area contributed by atoms with Crippen LogP contribution in [-0.2, 0) is 0 Å². The average Bonchev–Trinajstić information content (AvgIpc) is 3.11. The van der Waals surface area contributed by atoms with Crippen molar-refractivity contribution in [1.29, 1.82) is 5.26 Å². The third-order valence-electron chi connectivity index (χ3n) is 4.58. The van der Waals surface area contributed by atoms with Gasteiger partial charge in [0.25, 0.3) is 0 Å². The van der Waals surface area contributed by atoms with E-state index in [0.29, 0.717) is 24.2 Å². The summed E-state index contributed by atoms with van der Waals surface area (Å²) in [7, 11) is 0. The number of likely N-dealkylation sites (tertiary alicyclic amines) is 1. The second-order valence-electron chi connectivity index (χ2n) is 6.27. The van der Waals surface area contributed by atoms with Crippen LogP contribution in [0.15, 0.2) is 54.6 Å². The van der Waals surface area contributed by atoms with Crippen LogP contribution in [0.25, 0.3) is 0 Å². The third-order valence-corrected chi connectivity index (χ3v) is 4.58. The Morgan fingerprint density at radius 3 is 2.64 bits per heavy atom. The molecule has 5 nitrogen and oxygen atoms in total. The highest BCUT2D eigenvalue weighted by Crippen LogP contribution is 2.28. The number of carbonyl (C=O) groups excluding carboxylic acids is 1. The number of aliphatic hydroxyl groups excluding tert-OH is 1. The lowest BCUT2D eigenvalue weighted by Gasteiger charge is -2.27. The van der Waals surface area contributed by atoms with E-state index in [-0.39, 0.29) is 12.1 Å². The van der Waals surface area contributed by atoms with Gasteiger partial charge in [0.2, 0.25) is 0 Å². The van der Waals surface area contributed by atoms with Gasteiger partial charge in [-0.25, -0.2) is 4.79 Å². The summed E-state index contributed by atoms with van der Waals surface area (Å²) in [5.41, 5.74) is 2.10. The van der Waals surface area contributed by atoms with Crippen molar-refractivity contribution in [1.82, 2.24) is 4.90 Å². The molecule has 1 fully saturated rings. The van der Waals surface area contributed by atoms with Gasteiger partial charge in [-0.3, -0.25) is 0 Å². The molecule has 2 N–H and O–H groups in total. The maximum atomic E-state index is 12.6. The lowest BCUT2D eigenvalue weighted by Crippen LogP contribution is -2.39. The fourth-order valence-electron chi connectivity index (χ4n) is 3.24. The van der Waals surface area contributed by atoms with Crippen LogP contribution in [0.5, 0.6) is 0 Å². The Bertz CT molecular complexity index is 753. The van der Waals surface area contributed by atoms with Crippen molar-refractivity contribution in [3.63, 3.8) is 0 Å². The maximum Gasteiger partial charge on any atom is 0.322 e. The Kier molecular flexibility index (Phi) is 5.32. The number of benzene rings is 2. The van der Waals surface area contributed by atoms with E-state index in [1.54, 1.807) is 29.2 Å². The van der Waals surface area contributed by atoms with Gasteiger partial charge < -0.3 is 15.3 Å². The Hall–Kier alpha value is -2.84. The molecule has 25 heavy (non-hydrogen) atoms. The lowest BCUT2D eigenvalue weighted by molar-refractivity contribution is 0.130. The van der Waals surface area contributed by atoms with Crippen LogP contribution in [0, 0.1) is 11.3 Å². The zero-order chi connectivity index (χ0) is 17.6. The summed E-state index contributed by atoms with van der Waals surface area (Å²) < 4.78 is 0. The zero-order valence-electron chi connectivity index (χ0n) is 13.9. The average molecular weight is 335 g/mol. The summed E-state index contributed by atoms with van der Waals surface area (Å²) in [6, 6.07) is 18.3. The molecule has 5 heteroatoms. The van der Waals surface area contributed by atoms with Gasteiger partial charge in [-0.05, 0) is 49.1 Å². The summed E-state index contributed by atoms with van der Waals surface area (Å²) in [6.07, 6.45) is 1.79. The minimum absolute atomic E-state index is 0.0218. The number of anilines is 1. The number of carbonyl (C=O) groups is 1. The molecule has 1 aliphatic heterocycles. The second-order valence-corrected chi connectivity index (χ2v) is 6.27. The molecule has 2 aromatic rings. The van der Waals surface area contributed by atoms with Gasteiger partial charge in [-0.1, -0.05) is 30.3 Å². The molecule has 0 aromatic heterocycles. The summed E-state index contributed by atoms with van der Waals surface area (Å²) in [5, 5.41) is 22.1. The van der Waals surface area contributed by atoms with E-state index < -0.39 is 6.10 Å². The monoisotopic (exact) mass is 335 g/mol. The number of nitriles is 1. The lowest BCUT2D eigenvalue weighted by atomic mass is 10.0. The molecule has 0 bridgehead atoms. The van der Waals surface area contributed by atoms with E-state index in [0.717, 1.165) is 18.4 Å². The molecular formula is C20H21N3O2. The Balaban J connectivity index is 1.62. The first-order valence-electron chi connectivity index (χ1n) is 8.48. The van der Waals surface area contributed by atoms with Crippen LogP contribution in [-0.4, -0.2) is 28.6 Å². The fraction of sp³-hybridized carbons (Fsp3) is 0.300. The summed E-state index contributed by atoms with van der Waals surface area (Å²) in [5.74, 6) is 0. The van der Waals surface area contributed by atoms with Crippen molar-refractivity contribution in [2.45, 2.75) is 31.4 Å². The topological polar surface area (TPSA) is 76.4 Å². The molecule has 2 atom stereocenters. The van der Waals surface area contributed by atoms with E-state index in [1.165, 1.54) is 0 Å². The number of hydrogen-bond acceptors (Lipinski definition) is 3. The van der Waals surface area contributed by atoms with Gasteiger partial charge in [0.1, 0.15) is 0 Å². The molecule has 0 radical (unpaired) electrons. The normalized spacial score (nSPS) is 17.8. The van der Waals surface area contributed by atoms with E-state index in [9.17, 15) is 9.90 Å². The highest BCUT2D eigenvalue weighted by molar-refractivity contribution is 5.89. The van der Waals surface area contributed by atoms with Crippen molar-refractivity contribution < 1.29 is 9.90 Å². The quantitative estimate of drug-likeness (QED) is 0.895. The first-order chi connectivity index (χ1) is 12.2. The minimum atomic E-state index is -0.575. The highest BCUT2D eigenvalue weighted by Gasteiger charge is 2.30. The van der Waals surface area contributed by atoms with Crippen molar-refractivity contribution in [3.05, 3.63) is 65.7 Å². The van der Waals surface area contributed by atoms with E-state index in [1.807, 2.05) is 30.3 Å². The van der Waals surface area contributed by atoms with Crippen LogP contribution in [0.3, 0.4) is 0 Å². The molecular weight excluding hydrogens is 314 g/mol. The molecule has 1 aliphatic rings. The second kappa shape index (κ2) is 7.82. The molecule has 0 saturated carbocycles. The fourth-order valence-corrected chi connectivity index (χ4v) is 3.24. The predicted molar refractivity (Wildman–Crippen MR) is 95.9 cm³/mol. The molecule has 0 aliphatic carbocycles. The van der Waals surface area contributed by atoms with Gasteiger partial charge in [0, 0.05) is 18.3 Å². The summed E-state index contributed by atoms with van der Waals surface area (Å²) in [6.45, 7) is 0.689. The Morgan fingerprint density at radius 1 is 1.24 bits per heavy atom. The van der Waals surface area contributed by atoms with Crippen molar-refractivity contribution >= 4 is 11.7 Å². The number of nitrogens with one attached hydrogen (secondary N) is 1. The SMILES string of the molecule is N#Cc1ccc(NC(=O)N2CCCC2CC(O)c2ccccc2)cc1. The van der Waals surface area contributed by atoms with E-state index in [2.05, 4.69) is 11.4 Å². The maximum absolute atomic E-state index is 12.6. The van der Waals surface area contributed by atoms with Crippen LogP contribution in [0.4, 0.5) is 10.5 Å². The molecule has 2 aromatic carbocycles. The largest absolute Gasteiger partial charge is 0.388 e. The van der Waals surface area contributed by atoms with E-state index >= 15 is 0 Å². The number of hydrogen-bond donors (Lipinski definition) is 2. The molecule has 128 valence electrons.